The average Bonchev–Trinajstić information content (AvgIpc) is 3.33. The Morgan fingerprint density at radius 2 is 2.15 bits per heavy atom. The van der Waals surface area contributed by atoms with Crippen molar-refractivity contribution in [1.29, 1.82) is 0 Å². The Morgan fingerprint density at radius 3 is 2.93 bits per heavy atom. The molecule has 3 heterocycles. The number of aromatic nitrogens is 4. The van der Waals surface area contributed by atoms with Crippen LogP contribution in [0.2, 0.25) is 5.02 Å². The van der Waals surface area contributed by atoms with Crippen LogP contribution in [0.4, 0.5) is 5.69 Å². The van der Waals surface area contributed by atoms with Gasteiger partial charge in [0.15, 0.2) is 5.17 Å². The van der Waals surface area contributed by atoms with E-state index in [4.69, 9.17) is 11.6 Å². The predicted molar refractivity (Wildman–Crippen MR) is 106 cm³/mol. The fourth-order valence-corrected chi connectivity index (χ4v) is 3.90. The zero-order valence-corrected chi connectivity index (χ0v) is 16.2. The summed E-state index contributed by atoms with van der Waals surface area (Å²) in [6.45, 7) is 1.06. The standard InChI is InChI=1S/C18H17ClN6OS/c1-23-16(5-6-20-23)11-25-17(26)12-27-18(25)22-15-8-21-24(10-15)9-13-3-2-4-14(19)7-13/h2-8,10H,9,11-12H2,1H3. The molecule has 27 heavy (non-hydrogen) atoms. The number of halogens is 1. The number of hydrogen-bond donors (Lipinski definition) is 0. The van der Waals surface area contributed by atoms with Gasteiger partial charge in [-0.1, -0.05) is 35.5 Å². The van der Waals surface area contributed by atoms with Gasteiger partial charge in [0.1, 0.15) is 5.69 Å². The number of thioether (sulfide) groups is 1. The number of carbonyl (C=O) groups is 1. The minimum absolute atomic E-state index is 0.0475. The summed E-state index contributed by atoms with van der Waals surface area (Å²) in [5.41, 5.74) is 2.73. The van der Waals surface area contributed by atoms with E-state index in [1.54, 1.807) is 26.7 Å². The summed E-state index contributed by atoms with van der Waals surface area (Å²) in [5, 5.41) is 9.89. The van der Waals surface area contributed by atoms with Crippen molar-refractivity contribution in [2.75, 3.05) is 5.75 Å². The molecule has 0 N–H and O–H groups in total. The number of benzene rings is 1. The van der Waals surface area contributed by atoms with Crippen LogP contribution >= 0.6 is 23.4 Å². The molecule has 4 rings (SSSR count). The van der Waals surface area contributed by atoms with Crippen LogP contribution in [0.25, 0.3) is 0 Å². The summed E-state index contributed by atoms with van der Waals surface area (Å²) in [4.78, 5) is 18.6. The highest BCUT2D eigenvalue weighted by Crippen LogP contribution is 2.25. The lowest BCUT2D eigenvalue weighted by molar-refractivity contribution is -0.124. The number of amidine groups is 1. The molecule has 7 nitrogen and oxygen atoms in total. The van der Waals surface area contributed by atoms with E-state index in [0.717, 1.165) is 11.3 Å². The summed E-state index contributed by atoms with van der Waals surface area (Å²) < 4.78 is 3.56. The number of aryl methyl sites for hydroxylation is 1. The number of hydrogen-bond acceptors (Lipinski definition) is 5. The van der Waals surface area contributed by atoms with E-state index in [0.29, 0.717) is 34.7 Å². The van der Waals surface area contributed by atoms with Gasteiger partial charge in [-0.15, -0.1) is 0 Å². The van der Waals surface area contributed by atoms with Gasteiger partial charge in [-0.25, -0.2) is 4.99 Å². The third-order valence-electron chi connectivity index (χ3n) is 4.18. The molecule has 1 aromatic carbocycles. The van der Waals surface area contributed by atoms with Crippen LogP contribution in [0.1, 0.15) is 11.3 Å². The van der Waals surface area contributed by atoms with E-state index >= 15 is 0 Å². The molecule has 2 aromatic heterocycles. The van der Waals surface area contributed by atoms with Gasteiger partial charge in [0, 0.05) is 18.3 Å². The maximum atomic E-state index is 12.3. The number of rotatable bonds is 5. The zero-order valence-electron chi connectivity index (χ0n) is 14.6. The molecule has 0 spiro atoms. The van der Waals surface area contributed by atoms with Gasteiger partial charge in [-0.2, -0.15) is 10.2 Å². The van der Waals surface area contributed by atoms with Crippen molar-refractivity contribution in [2.45, 2.75) is 13.1 Å². The van der Waals surface area contributed by atoms with Crippen molar-refractivity contribution in [1.82, 2.24) is 24.5 Å². The Morgan fingerprint density at radius 1 is 1.26 bits per heavy atom. The SMILES string of the molecule is Cn1nccc1CN1C(=O)CSC1=Nc1cnn(Cc2cccc(Cl)c2)c1. The van der Waals surface area contributed by atoms with Gasteiger partial charge < -0.3 is 0 Å². The molecule has 1 amide bonds. The van der Waals surface area contributed by atoms with Crippen molar-refractivity contribution in [3.8, 4) is 0 Å². The molecule has 0 saturated carbocycles. The van der Waals surface area contributed by atoms with Crippen LogP contribution in [-0.4, -0.2) is 41.3 Å². The Kier molecular flexibility index (Phi) is 5.00. The normalized spacial score (nSPS) is 15.9. The largest absolute Gasteiger partial charge is 0.284 e. The topological polar surface area (TPSA) is 68.3 Å². The lowest BCUT2D eigenvalue weighted by Gasteiger charge is -2.15. The fourth-order valence-electron chi connectivity index (χ4n) is 2.79. The number of amides is 1. The van der Waals surface area contributed by atoms with Crippen LogP contribution in [0, 0.1) is 0 Å². The highest BCUT2D eigenvalue weighted by atomic mass is 35.5. The molecule has 1 aliphatic rings. The first kappa shape index (κ1) is 17.8. The summed E-state index contributed by atoms with van der Waals surface area (Å²) in [7, 11) is 1.86. The molecule has 1 aliphatic heterocycles. The maximum Gasteiger partial charge on any atom is 0.239 e. The van der Waals surface area contributed by atoms with Crippen molar-refractivity contribution >= 4 is 40.1 Å². The smallest absolute Gasteiger partial charge is 0.239 e. The lowest BCUT2D eigenvalue weighted by atomic mass is 10.2. The monoisotopic (exact) mass is 400 g/mol. The van der Waals surface area contributed by atoms with Crippen LogP contribution in [-0.2, 0) is 24.9 Å². The molecule has 3 aromatic rings. The molecule has 138 valence electrons. The molecule has 0 aliphatic carbocycles. The first-order valence-electron chi connectivity index (χ1n) is 8.34. The molecule has 1 fully saturated rings. The zero-order chi connectivity index (χ0) is 18.8. The van der Waals surface area contributed by atoms with Crippen molar-refractivity contribution in [2.24, 2.45) is 12.0 Å². The molecule has 0 bridgehead atoms. The van der Waals surface area contributed by atoms with Gasteiger partial charge in [-0.05, 0) is 23.8 Å². The van der Waals surface area contributed by atoms with E-state index in [9.17, 15) is 4.79 Å². The molecule has 0 unspecified atom stereocenters. The number of aliphatic imine (C=N–C) groups is 1. The minimum atomic E-state index is 0.0475. The number of carbonyl (C=O) groups excluding carboxylic acids is 1. The Hall–Kier alpha value is -2.58. The van der Waals surface area contributed by atoms with Gasteiger partial charge in [0.25, 0.3) is 0 Å². The van der Waals surface area contributed by atoms with E-state index in [1.807, 2.05) is 43.6 Å². The highest BCUT2D eigenvalue weighted by molar-refractivity contribution is 8.15. The van der Waals surface area contributed by atoms with E-state index in [2.05, 4.69) is 15.2 Å². The van der Waals surface area contributed by atoms with Gasteiger partial charge in [0.05, 0.1) is 36.9 Å². The van der Waals surface area contributed by atoms with Crippen molar-refractivity contribution in [3.05, 3.63) is 65.2 Å². The first-order chi connectivity index (χ1) is 13.1. The Labute approximate surface area is 165 Å². The molecule has 0 radical (unpaired) electrons. The van der Waals surface area contributed by atoms with Gasteiger partial charge in [-0.3, -0.25) is 19.1 Å². The number of nitrogens with zero attached hydrogens (tertiary/aromatic N) is 6. The van der Waals surface area contributed by atoms with Gasteiger partial charge in [0.2, 0.25) is 5.91 Å². The third-order valence-corrected chi connectivity index (χ3v) is 5.37. The summed E-state index contributed by atoms with van der Waals surface area (Å²) in [6, 6.07) is 9.57. The van der Waals surface area contributed by atoms with Crippen molar-refractivity contribution in [3.63, 3.8) is 0 Å². The van der Waals surface area contributed by atoms with Crippen molar-refractivity contribution < 1.29 is 4.79 Å². The quantitative estimate of drug-likeness (QED) is 0.660. The summed E-state index contributed by atoms with van der Waals surface area (Å²) in [6.07, 6.45) is 5.28. The first-order valence-corrected chi connectivity index (χ1v) is 9.70. The molecule has 9 heteroatoms. The minimum Gasteiger partial charge on any atom is -0.284 e. The molecule has 1 saturated heterocycles. The Bertz CT molecular complexity index is 1010. The molecule has 0 atom stereocenters. The third kappa shape index (κ3) is 4.06. The Balaban J connectivity index is 1.51. The van der Waals surface area contributed by atoms with E-state index in [1.165, 1.54) is 11.8 Å². The van der Waals surface area contributed by atoms with E-state index < -0.39 is 0 Å². The maximum absolute atomic E-state index is 12.3. The van der Waals surface area contributed by atoms with Crippen LogP contribution in [0.3, 0.4) is 0 Å². The second-order valence-electron chi connectivity index (χ2n) is 6.14. The lowest BCUT2D eigenvalue weighted by Crippen LogP contribution is -2.29. The fraction of sp³-hybridized carbons (Fsp3) is 0.222. The molecular weight excluding hydrogens is 384 g/mol. The van der Waals surface area contributed by atoms with Gasteiger partial charge >= 0.3 is 0 Å². The molecular formula is C18H17ClN6OS. The van der Waals surface area contributed by atoms with Crippen LogP contribution in [0.15, 0.2) is 53.9 Å². The summed E-state index contributed by atoms with van der Waals surface area (Å²) in [5.74, 6) is 0.444. The van der Waals surface area contributed by atoms with Crippen LogP contribution < -0.4 is 0 Å². The predicted octanol–water partition coefficient (Wildman–Crippen LogP) is 3.08. The highest BCUT2D eigenvalue weighted by Gasteiger charge is 2.29. The second kappa shape index (κ2) is 7.58. The average molecular weight is 401 g/mol. The van der Waals surface area contributed by atoms with Crippen LogP contribution in [0.5, 0.6) is 0 Å². The van der Waals surface area contributed by atoms with E-state index in [-0.39, 0.29) is 5.91 Å². The second-order valence-corrected chi connectivity index (χ2v) is 7.51. The summed E-state index contributed by atoms with van der Waals surface area (Å²) >= 11 is 7.47.